The van der Waals surface area contributed by atoms with Crippen LogP contribution in [0.1, 0.15) is 35.9 Å². The number of benzene rings is 2. The van der Waals surface area contributed by atoms with Gasteiger partial charge in [0.15, 0.2) is 5.52 Å². The Morgan fingerprint density at radius 1 is 0.970 bits per heavy atom. The van der Waals surface area contributed by atoms with Crippen LogP contribution in [0, 0.1) is 13.8 Å². The number of halogens is 1. The van der Waals surface area contributed by atoms with Crippen molar-refractivity contribution >= 4 is 22.8 Å². The SMILES string of the molecule is CCCOc1nc(Cc2ccc(Cl)cc2)nc2oc(-c3cc(C)c(OCCO)c(C)c3)nc12. The Morgan fingerprint density at radius 2 is 1.70 bits per heavy atom. The lowest BCUT2D eigenvalue weighted by Crippen LogP contribution is -2.04. The molecule has 0 amide bonds. The van der Waals surface area contributed by atoms with Crippen molar-refractivity contribution in [3.8, 4) is 23.1 Å². The summed E-state index contributed by atoms with van der Waals surface area (Å²) < 4.78 is 17.6. The Labute approximate surface area is 197 Å². The third kappa shape index (κ3) is 5.26. The Kier molecular flexibility index (Phi) is 7.11. The molecule has 2 heterocycles. The maximum Gasteiger partial charge on any atom is 0.254 e. The number of nitrogens with zero attached hydrogens (tertiary/aromatic N) is 3. The van der Waals surface area contributed by atoms with Crippen LogP contribution in [-0.4, -0.2) is 39.9 Å². The Bertz CT molecular complexity index is 1230. The second kappa shape index (κ2) is 10.2. The van der Waals surface area contributed by atoms with Crippen LogP contribution in [0.3, 0.4) is 0 Å². The quantitative estimate of drug-likeness (QED) is 0.357. The monoisotopic (exact) mass is 467 g/mol. The summed E-state index contributed by atoms with van der Waals surface area (Å²) in [6.45, 7) is 6.66. The summed E-state index contributed by atoms with van der Waals surface area (Å²) in [5.74, 6) is 2.18. The minimum Gasteiger partial charge on any atom is -0.491 e. The first kappa shape index (κ1) is 23.0. The van der Waals surface area contributed by atoms with Gasteiger partial charge in [0.25, 0.3) is 5.71 Å². The van der Waals surface area contributed by atoms with Gasteiger partial charge in [0, 0.05) is 17.0 Å². The molecule has 0 aliphatic heterocycles. The lowest BCUT2D eigenvalue weighted by Gasteiger charge is -2.12. The normalized spacial score (nSPS) is 11.2. The molecule has 7 nitrogen and oxygen atoms in total. The van der Waals surface area contributed by atoms with Crippen molar-refractivity contribution in [2.75, 3.05) is 19.8 Å². The van der Waals surface area contributed by atoms with Gasteiger partial charge in [-0.25, -0.2) is 4.98 Å². The van der Waals surface area contributed by atoms with Crippen LogP contribution in [0.15, 0.2) is 40.8 Å². The molecule has 0 bridgehead atoms. The molecule has 0 fully saturated rings. The largest absolute Gasteiger partial charge is 0.491 e. The predicted octanol–water partition coefficient (Wildman–Crippen LogP) is 5.31. The van der Waals surface area contributed by atoms with E-state index >= 15 is 0 Å². The molecule has 0 radical (unpaired) electrons. The van der Waals surface area contributed by atoms with Gasteiger partial charge in [-0.2, -0.15) is 9.97 Å². The molecule has 0 saturated heterocycles. The minimum absolute atomic E-state index is 0.0384. The molecule has 4 aromatic rings. The van der Waals surface area contributed by atoms with Crippen LogP contribution in [0.5, 0.6) is 11.6 Å². The molecule has 2 aromatic heterocycles. The number of fused-ring (bicyclic) bond motifs is 1. The highest BCUT2D eigenvalue weighted by molar-refractivity contribution is 6.30. The first-order valence-corrected chi connectivity index (χ1v) is 11.3. The summed E-state index contributed by atoms with van der Waals surface area (Å²) in [4.78, 5) is 13.9. The average molecular weight is 468 g/mol. The molecule has 33 heavy (non-hydrogen) atoms. The van der Waals surface area contributed by atoms with Crippen LogP contribution in [0.2, 0.25) is 5.02 Å². The molecule has 172 valence electrons. The first-order valence-electron chi connectivity index (χ1n) is 10.9. The van der Waals surface area contributed by atoms with E-state index in [1.54, 1.807) is 0 Å². The molecule has 0 atom stereocenters. The fourth-order valence-electron chi connectivity index (χ4n) is 3.58. The zero-order valence-electron chi connectivity index (χ0n) is 18.9. The van der Waals surface area contributed by atoms with Crippen LogP contribution < -0.4 is 9.47 Å². The van der Waals surface area contributed by atoms with Crippen LogP contribution in [0.4, 0.5) is 0 Å². The van der Waals surface area contributed by atoms with Crippen LogP contribution in [-0.2, 0) is 6.42 Å². The van der Waals surface area contributed by atoms with Gasteiger partial charge in [-0.1, -0.05) is 30.7 Å². The lowest BCUT2D eigenvalue weighted by molar-refractivity contribution is 0.200. The second-order valence-corrected chi connectivity index (χ2v) is 8.22. The number of hydrogen-bond donors (Lipinski definition) is 1. The predicted molar refractivity (Wildman–Crippen MR) is 127 cm³/mol. The van der Waals surface area contributed by atoms with E-state index in [0.29, 0.717) is 46.9 Å². The second-order valence-electron chi connectivity index (χ2n) is 7.78. The number of oxazole rings is 1. The number of aliphatic hydroxyl groups is 1. The van der Waals surface area contributed by atoms with Crippen molar-refractivity contribution in [1.29, 1.82) is 0 Å². The molecular weight excluding hydrogens is 442 g/mol. The van der Waals surface area contributed by atoms with Gasteiger partial charge < -0.3 is 19.0 Å². The number of hydrogen-bond acceptors (Lipinski definition) is 7. The summed E-state index contributed by atoms with van der Waals surface area (Å²) in [6.07, 6.45) is 1.36. The summed E-state index contributed by atoms with van der Waals surface area (Å²) in [6, 6.07) is 11.5. The maximum absolute atomic E-state index is 9.06. The summed E-state index contributed by atoms with van der Waals surface area (Å²) >= 11 is 6.00. The van der Waals surface area contributed by atoms with E-state index in [4.69, 9.17) is 30.6 Å². The van der Waals surface area contributed by atoms with Crippen molar-refractivity contribution < 1.29 is 19.0 Å². The Morgan fingerprint density at radius 3 is 2.36 bits per heavy atom. The summed E-state index contributed by atoms with van der Waals surface area (Å²) in [7, 11) is 0. The molecule has 0 saturated carbocycles. The van der Waals surface area contributed by atoms with E-state index in [9.17, 15) is 0 Å². The van der Waals surface area contributed by atoms with Crippen LogP contribution in [0.25, 0.3) is 22.7 Å². The van der Waals surface area contributed by atoms with Gasteiger partial charge in [-0.05, 0) is 61.2 Å². The Balaban J connectivity index is 1.73. The number of ether oxygens (including phenoxy) is 2. The fourth-order valence-corrected chi connectivity index (χ4v) is 3.70. The molecule has 1 N–H and O–H groups in total. The fraction of sp³-hybridized carbons (Fsp3) is 0.320. The number of rotatable bonds is 9. The first-order chi connectivity index (χ1) is 16.0. The van der Waals surface area contributed by atoms with Crippen molar-refractivity contribution in [2.45, 2.75) is 33.6 Å². The van der Waals surface area contributed by atoms with Crippen LogP contribution >= 0.6 is 11.6 Å². The van der Waals surface area contributed by atoms with E-state index in [0.717, 1.165) is 34.4 Å². The van der Waals surface area contributed by atoms with Gasteiger partial charge in [0.05, 0.1) is 13.2 Å². The van der Waals surface area contributed by atoms with E-state index < -0.39 is 0 Å². The van der Waals surface area contributed by atoms with E-state index in [-0.39, 0.29) is 13.2 Å². The molecule has 4 rings (SSSR count). The Hall–Kier alpha value is -3.16. The van der Waals surface area contributed by atoms with Gasteiger partial charge in [-0.15, -0.1) is 0 Å². The highest BCUT2D eigenvalue weighted by Gasteiger charge is 2.19. The van der Waals surface area contributed by atoms with E-state index in [1.165, 1.54) is 0 Å². The third-order valence-corrected chi connectivity index (χ3v) is 5.29. The topological polar surface area (TPSA) is 90.5 Å². The molecule has 0 aliphatic carbocycles. The molecule has 0 spiro atoms. The van der Waals surface area contributed by atoms with Crippen molar-refractivity contribution in [2.24, 2.45) is 0 Å². The van der Waals surface area contributed by atoms with Crippen molar-refractivity contribution in [1.82, 2.24) is 15.0 Å². The average Bonchev–Trinajstić information content (AvgIpc) is 3.23. The van der Waals surface area contributed by atoms with E-state index in [2.05, 4.69) is 15.0 Å². The highest BCUT2D eigenvalue weighted by Crippen LogP contribution is 2.33. The van der Waals surface area contributed by atoms with Gasteiger partial charge in [-0.3, -0.25) is 0 Å². The number of aryl methyl sites for hydroxylation is 2. The van der Waals surface area contributed by atoms with Crippen molar-refractivity contribution in [3.05, 3.63) is 63.9 Å². The third-order valence-electron chi connectivity index (χ3n) is 5.04. The van der Waals surface area contributed by atoms with Gasteiger partial charge in [0.1, 0.15) is 18.2 Å². The highest BCUT2D eigenvalue weighted by atomic mass is 35.5. The number of aromatic nitrogens is 3. The lowest BCUT2D eigenvalue weighted by atomic mass is 10.1. The molecule has 0 aliphatic rings. The van der Waals surface area contributed by atoms with Crippen molar-refractivity contribution in [3.63, 3.8) is 0 Å². The molecule has 8 heteroatoms. The number of aliphatic hydroxyl groups excluding tert-OH is 1. The molecule has 2 aromatic carbocycles. The summed E-state index contributed by atoms with van der Waals surface area (Å²) in [5.41, 5.74) is 4.57. The zero-order chi connectivity index (χ0) is 23.4. The standard InChI is InChI=1S/C25H26ClN3O4/c1-4-10-32-24-21-25(28-20(27-24)14-17-5-7-19(26)8-6-17)33-23(29-21)18-12-15(2)22(16(3)13-18)31-11-9-30/h5-8,12-13,30H,4,9-11,14H2,1-3H3. The van der Waals surface area contributed by atoms with Gasteiger partial charge >= 0.3 is 0 Å². The molecular formula is C25H26ClN3O4. The minimum atomic E-state index is -0.0384. The molecule has 0 unspecified atom stereocenters. The van der Waals surface area contributed by atoms with E-state index in [1.807, 2.05) is 57.2 Å². The summed E-state index contributed by atoms with van der Waals surface area (Å²) in [5, 5.41) is 9.74. The smallest absolute Gasteiger partial charge is 0.254 e. The van der Waals surface area contributed by atoms with Gasteiger partial charge in [0.2, 0.25) is 11.8 Å². The maximum atomic E-state index is 9.06. The zero-order valence-corrected chi connectivity index (χ0v) is 19.6.